The zero-order valence-corrected chi connectivity index (χ0v) is 18.5. The Morgan fingerprint density at radius 2 is 1.90 bits per heavy atom. The summed E-state index contributed by atoms with van der Waals surface area (Å²) in [5.41, 5.74) is -0.800. The lowest BCUT2D eigenvalue weighted by Crippen LogP contribution is -2.45. The molecule has 154 valence electrons. The maximum absolute atomic E-state index is 13.3. The molecule has 1 aromatic carbocycles. The summed E-state index contributed by atoms with van der Waals surface area (Å²) >= 11 is 4.93. The second-order valence-corrected chi connectivity index (χ2v) is 9.25. The van der Waals surface area contributed by atoms with Crippen molar-refractivity contribution >= 4 is 45.1 Å². The van der Waals surface area contributed by atoms with Gasteiger partial charge in [-0.25, -0.2) is 9.18 Å². The SMILES string of the molecule is CCN(Cc1ccc(Br)s1)C(=O)CN1C(=O)NC(CC)(c2ccc(F)cc2)C1=O. The molecule has 2 aromatic rings. The molecule has 0 radical (unpaired) electrons. The number of carbonyl (C=O) groups is 3. The summed E-state index contributed by atoms with van der Waals surface area (Å²) in [7, 11) is 0. The molecule has 0 aliphatic carbocycles. The monoisotopic (exact) mass is 481 g/mol. The van der Waals surface area contributed by atoms with Crippen LogP contribution in [0.1, 0.15) is 30.7 Å². The Kier molecular flexibility index (Phi) is 6.38. The van der Waals surface area contributed by atoms with E-state index in [-0.39, 0.29) is 18.9 Å². The van der Waals surface area contributed by atoms with Crippen LogP contribution in [0.5, 0.6) is 0 Å². The van der Waals surface area contributed by atoms with Crippen molar-refractivity contribution in [3.05, 3.63) is 56.4 Å². The van der Waals surface area contributed by atoms with Crippen LogP contribution in [0.15, 0.2) is 40.2 Å². The van der Waals surface area contributed by atoms with E-state index in [1.165, 1.54) is 35.6 Å². The molecule has 1 fully saturated rings. The fraction of sp³-hybridized carbons (Fsp3) is 0.350. The van der Waals surface area contributed by atoms with E-state index < -0.39 is 23.3 Å². The van der Waals surface area contributed by atoms with Gasteiger partial charge in [-0.2, -0.15) is 0 Å². The molecule has 0 bridgehead atoms. The third kappa shape index (κ3) is 4.20. The number of thiophene rings is 1. The van der Waals surface area contributed by atoms with Crippen LogP contribution in [-0.4, -0.2) is 40.7 Å². The average molecular weight is 482 g/mol. The highest BCUT2D eigenvalue weighted by molar-refractivity contribution is 9.11. The number of hydrogen-bond donors (Lipinski definition) is 1. The molecule has 1 aliphatic rings. The van der Waals surface area contributed by atoms with Crippen molar-refractivity contribution < 1.29 is 18.8 Å². The maximum Gasteiger partial charge on any atom is 0.325 e. The highest BCUT2D eigenvalue weighted by Crippen LogP contribution is 2.32. The highest BCUT2D eigenvalue weighted by Gasteiger charge is 2.51. The first-order chi connectivity index (χ1) is 13.8. The smallest absolute Gasteiger partial charge is 0.325 e. The lowest BCUT2D eigenvalue weighted by Gasteiger charge is -2.26. The van der Waals surface area contributed by atoms with Gasteiger partial charge in [0.1, 0.15) is 17.9 Å². The minimum Gasteiger partial charge on any atom is -0.336 e. The van der Waals surface area contributed by atoms with Gasteiger partial charge in [-0.05, 0) is 59.1 Å². The first-order valence-corrected chi connectivity index (χ1v) is 10.8. The first-order valence-electron chi connectivity index (χ1n) is 9.23. The molecule has 1 saturated heterocycles. The minimum absolute atomic E-state index is 0.286. The maximum atomic E-state index is 13.3. The highest BCUT2D eigenvalue weighted by atomic mass is 79.9. The molecule has 3 rings (SSSR count). The van der Waals surface area contributed by atoms with Crippen LogP contribution in [-0.2, 0) is 21.7 Å². The van der Waals surface area contributed by atoms with E-state index in [0.29, 0.717) is 18.7 Å². The van der Waals surface area contributed by atoms with E-state index in [0.717, 1.165) is 13.6 Å². The summed E-state index contributed by atoms with van der Waals surface area (Å²) in [6.45, 7) is 4.14. The van der Waals surface area contributed by atoms with Crippen LogP contribution in [0.4, 0.5) is 9.18 Å². The summed E-state index contributed by atoms with van der Waals surface area (Å²) < 4.78 is 14.3. The quantitative estimate of drug-likeness (QED) is 0.610. The van der Waals surface area contributed by atoms with Crippen molar-refractivity contribution in [3.8, 4) is 0 Å². The number of rotatable bonds is 7. The number of amides is 4. The van der Waals surface area contributed by atoms with Crippen LogP contribution in [0.25, 0.3) is 0 Å². The van der Waals surface area contributed by atoms with Crippen molar-refractivity contribution in [1.82, 2.24) is 15.1 Å². The fourth-order valence-electron chi connectivity index (χ4n) is 3.38. The van der Waals surface area contributed by atoms with Crippen LogP contribution in [0, 0.1) is 5.82 Å². The standard InChI is InChI=1S/C20H21BrFN3O3S/c1-3-20(13-5-7-14(22)8-6-13)18(27)25(19(28)23-20)12-17(26)24(4-2)11-15-9-10-16(21)29-15/h5-10H,3-4,11-12H2,1-2H3,(H,23,28). The molecule has 0 spiro atoms. The third-order valence-electron chi connectivity index (χ3n) is 5.05. The lowest BCUT2D eigenvalue weighted by molar-refractivity contribution is -0.139. The molecule has 6 nitrogen and oxygen atoms in total. The number of hydrogen-bond acceptors (Lipinski definition) is 4. The lowest BCUT2D eigenvalue weighted by atomic mass is 9.87. The molecule has 1 unspecified atom stereocenters. The second kappa shape index (κ2) is 8.62. The Bertz CT molecular complexity index is 933. The molecular formula is C20H21BrFN3O3S. The summed E-state index contributed by atoms with van der Waals surface area (Å²) in [5, 5.41) is 2.71. The summed E-state index contributed by atoms with van der Waals surface area (Å²) in [6, 6.07) is 8.67. The number of halogens is 2. The molecule has 1 N–H and O–H groups in total. The number of nitrogens with one attached hydrogen (secondary N) is 1. The molecule has 29 heavy (non-hydrogen) atoms. The van der Waals surface area contributed by atoms with Crippen molar-refractivity contribution in [1.29, 1.82) is 0 Å². The van der Waals surface area contributed by atoms with E-state index in [1.54, 1.807) is 11.8 Å². The Morgan fingerprint density at radius 3 is 2.45 bits per heavy atom. The van der Waals surface area contributed by atoms with E-state index in [9.17, 15) is 18.8 Å². The zero-order chi connectivity index (χ0) is 21.2. The molecule has 2 heterocycles. The van der Waals surface area contributed by atoms with Crippen LogP contribution in [0.3, 0.4) is 0 Å². The molecule has 1 aliphatic heterocycles. The van der Waals surface area contributed by atoms with E-state index >= 15 is 0 Å². The van der Waals surface area contributed by atoms with Gasteiger partial charge in [0.25, 0.3) is 5.91 Å². The van der Waals surface area contributed by atoms with Crippen molar-refractivity contribution in [2.45, 2.75) is 32.4 Å². The second-order valence-electron chi connectivity index (χ2n) is 6.70. The molecule has 1 atom stereocenters. The van der Waals surface area contributed by atoms with E-state index in [2.05, 4.69) is 21.2 Å². The fourth-order valence-corrected chi connectivity index (χ4v) is 4.88. The molecule has 4 amide bonds. The zero-order valence-electron chi connectivity index (χ0n) is 16.1. The van der Waals surface area contributed by atoms with Crippen molar-refractivity contribution in [2.24, 2.45) is 0 Å². The van der Waals surface area contributed by atoms with Gasteiger partial charge in [0.15, 0.2) is 0 Å². The van der Waals surface area contributed by atoms with Gasteiger partial charge in [0.05, 0.1) is 10.3 Å². The van der Waals surface area contributed by atoms with Crippen LogP contribution >= 0.6 is 27.3 Å². The van der Waals surface area contributed by atoms with Gasteiger partial charge in [-0.3, -0.25) is 14.5 Å². The largest absolute Gasteiger partial charge is 0.336 e. The molecule has 9 heteroatoms. The number of likely N-dealkylation sites (N-methyl/N-ethyl adjacent to an activating group) is 1. The number of urea groups is 1. The minimum atomic E-state index is -1.29. The van der Waals surface area contributed by atoms with Gasteiger partial charge in [0, 0.05) is 11.4 Å². The van der Waals surface area contributed by atoms with Gasteiger partial charge in [-0.15, -0.1) is 11.3 Å². The third-order valence-corrected chi connectivity index (χ3v) is 6.65. The Hall–Kier alpha value is -2.26. The summed E-state index contributed by atoms with van der Waals surface area (Å²) in [5.74, 6) is -1.24. The van der Waals surface area contributed by atoms with Crippen LogP contribution < -0.4 is 5.32 Å². The summed E-state index contributed by atoms with van der Waals surface area (Å²) in [4.78, 5) is 42.0. The van der Waals surface area contributed by atoms with Gasteiger partial charge in [0.2, 0.25) is 5.91 Å². The van der Waals surface area contributed by atoms with Gasteiger partial charge < -0.3 is 10.2 Å². The molecule has 0 saturated carbocycles. The normalized spacial score (nSPS) is 18.8. The van der Waals surface area contributed by atoms with Gasteiger partial charge >= 0.3 is 6.03 Å². The first kappa shape index (κ1) is 21.4. The number of imide groups is 1. The molecule has 1 aromatic heterocycles. The van der Waals surface area contributed by atoms with E-state index in [4.69, 9.17) is 0 Å². The molecular weight excluding hydrogens is 461 g/mol. The predicted molar refractivity (Wildman–Crippen MR) is 112 cm³/mol. The predicted octanol–water partition coefficient (Wildman–Crippen LogP) is 3.86. The van der Waals surface area contributed by atoms with Crippen molar-refractivity contribution in [2.75, 3.05) is 13.1 Å². The number of benzene rings is 1. The summed E-state index contributed by atoms with van der Waals surface area (Å²) in [6.07, 6.45) is 0.286. The Balaban J connectivity index is 1.78. The topological polar surface area (TPSA) is 69.7 Å². The Labute approximate surface area is 180 Å². The van der Waals surface area contributed by atoms with Crippen LogP contribution in [0.2, 0.25) is 0 Å². The average Bonchev–Trinajstić information content (AvgIpc) is 3.22. The van der Waals surface area contributed by atoms with E-state index in [1.807, 2.05) is 19.1 Å². The van der Waals surface area contributed by atoms with Gasteiger partial charge in [-0.1, -0.05) is 19.1 Å². The number of carbonyl (C=O) groups excluding carboxylic acids is 3. The van der Waals surface area contributed by atoms with Crippen molar-refractivity contribution in [3.63, 3.8) is 0 Å². The Morgan fingerprint density at radius 1 is 1.21 bits per heavy atom. The number of nitrogens with zero attached hydrogens (tertiary/aromatic N) is 2.